The number of amides is 3. The first-order chi connectivity index (χ1) is 18.1. The first kappa shape index (κ1) is 26.4. The molecule has 1 aromatic heterocycles. The van der Waals surface area contributed by atoms with Crippen LogP contribution in [0.15, 0.2) is 72.1 Å². The van der Waals surface area contributed by atoms with E-state index < -0.39 is 11.9 Å². The van der Waals surface area contributed by atoms with Gasteiger partial charge in [-0.2, -0.15) is 0 Å². The van der Waals surface area contributed by atoms with Crippen molar-refractivity contribution in [1.29, 1.82) is 0 Å². The van der Waals surface area contributed by atoms with Gasteiger partial charge in [0.25, 0.3) is 5.91 Å². The van der Waals surface area contributed by atoms with E-state index in [2.05, 4.69) is 10.6 Å². The molecular weight excluding hydrogens is 490 g/mol. The summed E-state index contributed by atoms with van der Waals surface area (Å²) >= 11 is 1.29. The standard InChI is InChI=1S/C28H31N3O5S/c1-2-35-23-14-7-6-13-22(23)31(25(32)19-30-27(33)24-15-9-17-37-24)26(20-10-4-3-5-11-20)28(34)29-18-21-12-8-16-36-21/h3-7,9-11,13-15,17,21,26H,2,8,12,16,18-19H2,1H3,(H,29,34)(H,30,33)/t21-,26-/m1/s1. The van der Waals surface area contributed by atoms with Crippen LogP contribution >= 0.6 is 11.3 Å². The van der Waals surface area contributed by atoms with Crippen molar-refractivity contribution in [2.75, 3.05) is 31.2 Å². The molecule has 1 saturated heterocycles. The molecule has 3 amide bonds. The second kappa shape index (κ2) is 13.0. The maximum absolute atomic E-state index is 13.8. The smallest absolute Gasteiger partial charge is 0.261 e. The number of hydrogen-bond acceptors (Lipinski definition) is 6. The SMILES string of the molecule is CCOc1ccccc1N(C(=O)CNC(=O)c1cccs1)[C@@H](C(=O)NC[C@H]1CCCO1)c1ccccc1. The number of para-hydroxylation sites is 2. The van der Waals surface area contributed by atoms with Crippen molar-refractivity contribution in [3.8, 4) is 5.75 Å². The average molecular weight is 522 g/mol. The Labute approximate surface area is 220 Å². The molecule has 4 rings (SSSR count). The number of nitrogens with one attached hydrogen (secondary N) is 2. The highest BCUT2D eigenvalue weighted by Gasteiger charge is 2.35. The molecule has 0 aliphatic carbocycles. The summed E-state index contributed by atoms with van der Waals surface area (Å²) in [4.78, 5) is 42.0. The fraction of sp³-hybridized carbons (Fsp3) is 0.321. The Morgan fingerprint density at radius 3 is 2.54 bits per heavy atom. The topological polar surface area (TPSA) is 97.0 Å². The maximum atomic E-state index is 13.8. The third-order valence-electron chi connectivity index (χ3n) is 5.99. The van der Waals surface area contributed by atoms with Gasteiger partial charge in [0.1, 0.15) is 11.8 Å². The number of ether oxygens (including phenoxy) is 2. The molecule has 1 aliphatic heterocycles. The van der Waals surface area contributed by atoms with Crippen LogP contribution in [0.3, 0.4) is 0 Å². The minimum atomic E-state index is -0.990. The van der Waals surface area contributed by atoms with Crippen LogP contribution in [-0.2, 0) is 14.3 Å². The number of benzene rings is 2. The summed E-state index contributed by atoms with van der Waals surface area (Å²) < 4.78 is 11.5. The van der Waals surface area contributed by atoms with E-state index in [1.807, 2.05) is 43.3 Å². The summed E-state index contributed by atoms with van der Waals surface area (Å²) in [6.07, 6.45) is 1.78. The molecule has 0 unspecified atom stereocenters. The number of nitrogens with zero attached hydrogens (tertiary/aromatic N) is 1. The molecule has 8 nitrogen and oxygen atoms in total. The quantitative estimate of drug-likeness (QED) is 0.398. The van der Waals surface area contributed by atoms with Crippen LogP contribution in [0.5, 0.6) is 5.75 Å². The van der Waals surface area contributed by atoms with Gasteiger partial charge < -0.3 is 20.1 Å². The normalized spacial score (nSPS) is 15.5. The summed E-state index contributed by atoms with van der Waals surface area (Å²) in [6, 6.07) is 18.7. The molecule has 37 heavy (non-hydrogen) atoms. The van der Waals surface area contributed by atoms with Gasteiger partial charge in [-0.3, -0.25) is 19.3 Å². The predicted octanol–water partition coefficient (Wildman–Crippen LogP) is 3.95. The van der Waals surface area contributed by atoms with Crippen molar-refractivity contribution < 1.29 is 23.9 Å². The van der Waals surface area contributed by atoms with Crippen LogP contribution in [-0.4, -0.2) is 50.1 Å². The molecule has 2 aromatic carbocycles. The van der Waals surface area contributed by atoms with Gasteiger partial charge in [0, 0.05) is 13.2 Å². The second-order valence-electron chi connectivity index (χ2n) is 8.52. The minimum absolute atomic E-state index is 0.0506. The Morgan fingerprint density at radius 1 is 1.05 bits per heavy atom. The molecule has 0 radical (unpaired) electrons. The van der Waals surface area contributed by atoms with E-state index in [1.54, 1.807) is 35.7 Å². The van der Waals surface area contributed by atoms with Crippen LogP contribution < -0.4 is 20.3 Å². The van der Waals surface area contributed by atoms with Gasteiger partial charge in [0.15, 0.2) is 0 Å². The maximum Gasteiger partial charge on any atom is 0.261 e. The summed E-state index contributed by atoms with van der Waals surface area (Å²) in [5, 5.41) is 7.48. The number of anilines is 1. The highest BCUT2D eigenvalue weighted by molar-refractivity contribution is 7.12. The van der Waals surface area contributed by atoms with Crippen molar-refractivity contribution in [3.63, 3.8) is 0 Å². The number of carbonyl (C=O) groups excluding carboxylic acids is 3. The first-order valence-corrected chi connectivity index (χ1v) is 13.3. The molecule has 2 atom stereocenters. The van der Waals surface area contributed by atoms with E-state index in [-0.39, 0.29) is 24.5 Å². The van der Waals surface area contributed by atoms with Crippen LogP contribution in [0.1, 0.15) is 41.0 Å². The van der Waals surface area contributed by atoms with Gasteiger partial charge in [-0.15, -0.1) is 11.3 Å². The van der Waals surface area contributed by atoms with E-state index >= 15 is 0 Å². The van der Waals surface area contributed by atoms with Gasteiger partial charge in [0.2, 0.25) is 11.8 Å². The van der Waals surface area contributed by atoms with Gasteiger partial charge in [0.05, 0.1) is 29.8 Å². The molecule has 3 aromatic rings. The molecule has 0 spiro atoms. The lowest BCUT2D eigenvalue weighted by Crippen LogP contribution is -2.48. The van der Waals surface area contributed by atoms with Crippen molar-refractivity contribution in [3.05, 3.63) is 82.6 Å². The molecule has 194 valence electrons. The lowest BCUT2D eigenvalue weighted by molar-refractivity contribution is -0.126. The first-order valence-electron chi connectivity index (χ1n) is 12.4. The minimum Gasteiger partial charge on any atom is -0.492 e. The number of thiophene rings is 1. The van der Waals surface area contributed by atoms with E-state index in [4.69, 9.17) is 9.47 Å². The molecular formula is C28H31N3O5S. The zero-order chi connectivity index (χ0) is 26.0. The van der Waals surface area contributed by atoms with Gasteiger partial charge in [-0.25, -0.2) is 0 Å². The molecule has 9 heteroatoms. The summed E-state index contributed by atoms with van der Waals surface area (Å²) in [7, 11) is 0. The van der Waals surface area contributed by atoms with E-state index in [0.717, 1.165) is 12.8 Å². The molecule has 2 N–H and O–H groups in total. The molecule has 0 bridgehead atoms. The second-order valence-corrected chi connectivity index (χ2v) is 9.47. The summed E-state index contributed by atoms with van der Waals surface area (Å²) in [5.74, 6) is -0.666. The largest absolute Gasteiger partial charge is 0.492 e. The van der Waals surface area contributed by atoms with Gasteiger partial charge in [-0.1, -0.05) is 48.5 Å². The summed E-state index contributed by atoms with van der Waals surface area (Å²) in [6.45, 7) is 2.98. The molecule has 2 heterocycles. The van der Waals surface area contributed by atoms with E-state index in [0.29, 0.717) is 41.6 Å². The molecule has 0 saturated carbocycles. The third kappa shape index (κ3) is 6.75. The van der Waals surface area contributed by atoms with Crippen LogP contribution in [0, 0.1) is 0 Å². The van der Waals surface area contributed by atoms with Gasteiger partial charge >= 0.3 is 0 Å². The molecule has 1 fully saturated rings. The van der Waals surface area contributed by atoms with Crippen molar-refractivity contribution in [2.45, 2.75) is 31.9 Å². The lowest BCUT2D eigenvalue weighted by atomic mass is 10.0. The number of rotatable bonds is 11. The van der Waals surface area contributed by atoms with Gasteiger partial charge in [-0.05, 0) is 48.9 Å². The zero-order valence-corrected chi connectivity index (χ0v) is 21.5. The Bertz CT molecular complexity index is 1180. The Balaban J connectivity index is 1.68. The van der Waals surface area contributed by atoms with E-state index in [1.165, 1.54) is 16.2 Å². The Morgan fingerprint density at radius 2 is 1.84 bits per heavy atom. The van der Waals surface area contributed by atoms with Crippen LogP contribution in [0.25, 0.3) is 0 Å². The van der Waals surface area contributed by atoms with Crippen molar-refractivity contribution >= 4 is 34.7 Å². The molecule has 1 aliphatic rings. The third-order valence-corrected chi connectivity index (χ3v) is 6.86. The van der Waals surface area contributed by atoms with E-state index in [9.17, 15) is 14.4 Å². The number of carbonyl (C=O) groups is 3. The monoisotopic (exact) mass is 521 g/mol. The van der Waals surface area contributed by atoms with Crippen molar-refractivity contribution in [1.82, 2.24) is 10.6 Å². The van der Waals surface area contributed by atoms with Crippen LogP contribution in [0.2, 0.25) is 0 Å². The lowest BCUT2D eigenvalue weighted by Gasteiger charge is -2.33. The summed E-state index contributed by atoms with van der Waals surface area (Å²) in [5.41, 5.74) is 1.08. The highest BCUT2D eigenvalue weighted by Crippen LogP contribution is 2.35. The Kier molecular flexibility index (Phi) is 9.29. The average Bonchev–Trinajstić information content (AvgIpc) is 3.65. The van der Waals surface area contributed by atoms with Crippen molar-refractivity contribution in [2.24, 2.45) is 0 Å². The fourth-order valence-corrected chi connectivity index (χ4v) is 4.90. The zero-order valence-electron chi connectivity index (χ0n) is 20.7. The Hall–Kier alpha value is -3.69. The number of hydrogen-bond donors (Lipinski definition) is 2. The highest BCUT2D eigenvalue weighted by atomic mass is 32.1. The fourth-order valence-electron chi connectivity index (χ4n) is 4.26. The predicted molar refractivity (Wildman–Crippen MR) is 143 cm³/mol. The van der Waals surface area contributed by atoms with Crippen LogP contribution in [0.4, 0.5) is 5.69 Å².